The van der Waals surface area contributed by atoms with Gasteiger partial charge in [-0.25, -0.2) is 0 Å². The highest BCUT2D eigenvalue weighted by Gasteiger charge is 2.13. The van der Waals surface area contributed by atoms with Gasteiger partial charge in [0.2, 0.25) is 5.91 Å². The predicted molar refractivity (Wildman–Crippen MR) is 74.8 cm³/mol. The third-order valence-corrected chi connectivity index (χ3v) is 3.08. The van der Waals surface area contributed by atoms with E-state index in [1.807, 2.05) is 0 Å². The first kappa shape index (κ1) is 12.7. The van der Waals surface area contributed by atoms with Crippen LogP contribution < -0.4 is 11.5 Å². The second-order valence-corrected chi connectivity index (χ2v) is 4.64. The summed E-state index contributed by atoms with van der Waals surface area (Å²) in [6, 6.07) is 9.98. The summed E-state index contributed by atoms with van der Waals surface area (Å²) < 4.78 is 0. The Bertz CT molecular complexity index is 626. The van der Waals surface area contributed by atoms with Crippen LogP contribution in [-0.2, 0) is 0 Å². The van der Waals surface area contributed by atoms with Crippen LogP contribution in [0.3, 0.4) is 0 Å². The van der Waals surface area contributed by atoms with E-state index in [9.17, 15) is 4.79 Å². The van der Waals surface area contributed by atoms with Crippen molar-refractivity contribution >= 4 is 34.8 Å². The number of nitrogen functional groups attached to an aromatic ring is 1. The lowest BCUT2D eigenvalue weighted by atomic mass is 9.98. The number of nitrogens with two attached hydrogens (primary N) is 2. The minimum absolute atomic E-state index is 0.333. The third-order valence-electron chi connectivity index (χ3n) is 2.53. The maximum atomic E-state index is 11.4. The molecule has 92 valence electrons. The summed E-state index contributed by atoms with van der Waals surface area (Å²) in [4.78, 5) is 11.4. The Hall–Kier alpha value is -1.71. The molecule has 0 spiro atoms. The van der Waals surface area contributed by atoms with Gasteiger partial charge in [-0.05, 0) is 29.8 Å². The van der Waals surface area contributed by atoms with Crippen LogP contribution in [0.2, 0.25) is 10.0 Å². The largest absolute Gasteiger partial charge is 0.399 e. The van der Waals surface area contributed by atoms with Crippen molar-refractivity contribution < 1.29 is 4.79 Å². The Labute approximate surface area is 114 Å². The van der Waals surface area contributed by atoms with E-state index in [4.69, 9.17) is 34.7 Å². The topological polar surface area (TPSA) is 69.1 Å². The van der Waals surface area contributed by atoms with Crippen LogP contribution in [0.1, 0.15) is 10.4 Å². The number of amides is 1. The van der Waals surface area contributed by atoms with E-state index in [2.05, 4.69) is 0 Å². The molecule has 0 saturated heterocycles. The smallest absolute Gasteiger partial charge is 0.249 e. The monoisotopic (exact) mass is 280 g/mol. The summed E-state index contributed by atoms with van der Waals surface area (Å²) in [5, 5.41) is 0.981. The Kier molecular flexibility index (Phi) is 3.45. The fourth-order valence-electron chi connectivity index (χ4n) is 1.71. The average Bonchev–Trinajstić information content (AvgIpc) is 2.29. The van der Waals surface area contributed by atoms with Crippen LogP contribution in [0.25, 0.3) is 11.1 Å². The van der Waals surface area contributed by atoms with Crippen LogP contribution in [0.15, 0.2) is 36.4 Å². The molecular weight excluding hydrogens is 271 g/mol. The molecule has 2 rings (SSSR count). The first-order valence-electron chi connectivity index (χ1n) is 5.14. The van der Waals surface area contributed by atoms with Crippen molar-refractivity contribution in [3.05, 3.63) is 52.0 Å². The van der Waals surface area contributed by atoms with Crippen LogP contribution in [0.4, 0.5) is 5.69 Å². The Morgan fingerprint density at radius 1 is 1.00 bits per heavy atom. The summed E-state index contributed by atoms with van der Waals surface area (Å²) in [5.41, 5.74) is 13.1. The minimum atomic E-state index is -0.552. The fourth-order valence-corrected chi connectivity index (χ4v) is 2.22. The number of rotatable bonds is 2. The molecule has 5 heteroatoms. The summed E-state index contributed by atoms with van der Waals surface area (Å²) >= 11 is 11.9. The number of benzene rings is 2. The lowest BCUT2D eigenvalue weighted by molar-refractivity contribution is 0.100. The fraction of sp³-hybridized carbons (Fsp3) is 0. The maximum Gasteiger partial charge on any atom is 0.249 e. The first-order valence-corrected chi connectivity index (χ1v) is 5.89. The molecule has 0 atom stereocenters. The second kappa shape index (κ2) is 4.88. The van der Waals surface area contributed by atoms with Crippen molar-refractivity contribution in [1.82, 2.24) is 0 Å². The molecule has 0 radical (unpaired) electrons. The number of hydrogen-bond donors (Lipinski definition) is 2. The number of anilines is 1. The van der Waals surface area contributed by atoms with Gasteiger partial charge in [-0.3, -0.25) is 4.79 Å². The van der Waals surface area contributed by atoms with Gasteiger partial charge in [0.15, 0.2) is 0 Å². The standard InChI is InChI=1S/C13H10Cl2N2O/c14-7-1-3-10(12(15)5-7)9-4-2-8(16)6-11(9)13(17)18/h1-6H,16H2,(H2,17,18). The molecule has 4 N–H and O–H groups in total. The van der Waals surface area contributed by atoms with Crippen LogP contribution in [-0.4, -0.2) is 5.91 Å². The minimum Gasteiger partial charge on any atom is -0.399 e. The second-order valence-electron chi connectivity index (χ2n) is 3.79. The van der Waals surface area contributed by atoms with E-state index in [1.54, 1.807) is 30.3 Å². The van der Waals surface area contributed by atoms with E-state index in [0.29, 0.717) is 32.4 Å². The number of halogens is 2. The molecular formula is C13H10Cl2N2O. The van der Waals surface area contributed by atoms with E-state index < -0.39 is 5.91 Å². The van der Waals surface area contributed by atoms with Crippen LogP contribution >= 0.6 is 23.2 Å². The normalized spacial score (nSPS) is 10.3. The first-order chi connectivity index (χ1) is 8.49. The molecule has 0 aliphatic carbocycles. The summed E-state index contributed by atoms with van der Waals surface area (Å²) in [7, 11) is 0. The molecule has 0 bridgehead atoms. The molecule has 2 aromatic rings. The molecule has 18 heavy (non-hydrogen) atoms. The van der Waals surface area contributed by atoms with Gasteiger partial charge in [0.25, 0.3) is 0 Å². The van der Waals surface area contributed by atoms with Gasteiger partial charge in [0.05, 0.1) is 0 Å². The van der Waals surface area contributed by atoms with Crippen molar-refractivity contribution in [2.24, 2.45) is 5.73 Å². The van der Waals surface area contributed by atoms with Crippen molar-refractivity contribution in [2.75, 3.05) is 5.73 Å². The van der Waals surface area contributed by atoms with Gasteiger partial charge in [-0.2, -0.15) is 0 Å². The molecule has 2 aromatic carbocycles. The van der Waals surface area contributed by atoms with E-state index in [1.165, 1.54) is 6.07 Å². The van der Waals surface area contributed by atoms with E-state index in [-0.39, 0.29) is 0 Å². The summed E-state index contributed by atoms with van der Waals surface area (Å²) in [6.45, 7) is 0. The third kappa shape index (κ3) is 2.42. The molecule has 0 fully saturated rings. The van der Waals surface area contributed by atoms with E-state index >= 15 is 0 Å². The SMILES string of the molecule is NC(=O)c1cc(N)ccc1-c1ccc(Cl)cc1Cl. The Morgan fingerprint density at radius 3 is 2.28 bits per heavy atom. The highest BCUT2D eigenvalue weighted by atomic mass is 35.5. The zero-order chi connectivity index (χ0) is 13.3. The molecule has 3 nitrogen and oxygen atoms in total. The highest BCUT2D eigenvalue weighted by molar-refractivity contribution is 6.36. The Morgan fingerprint density at radius 2 is 1.67 bits per heavy atom. The molecule has 1 amide bonds. The zero-order valence-electron chi connectivity index (χ0n) is 9.28. The van der Waals surface area contributed by atoms with Crippen molar-refractivity contribution in [3.63, 3.8) is 0 Å². The van der Waals surface area contributed by atoms with Crippen molar-refractivity contribution in [3.8, 4) is 11.1 Å². The molecule has 0 unspecified atom stereocenters. The van der Waals surface area contributed by atoms with Crippen LogP contribution in [0.5, 0.6) is 0 Å². The zero-order valence-corrected chi connectivity index (χ0v) is 10.8. The molecule has 0 heterocycles. The van der Waals surface area contributed by atoms with E-state index in [0.717, 1.165) is 0 Å². The number of carbonyl (C=O) groups excluding carboxylic acids is 1. The Balaban J connectivity index is 2.67. The van der Waals surface area contributed by atoms with Crippen molar-refractivity contribution in [1.29, 1.82) is 0 Å². The number of carbonyl (C=O) groups is 1. The molecule has 0 aliphatic heterocycles. The molecule has 0 aliphatic rings. The average molecular weight is 281 g/mol. The molecule has 0 aromatic heterocycles. The summed E-state index contributed by atoms with van der Waals surface area (Å²) in [5.74, 6) is -0.552. The quantitative estimate of drug-likeness (QED) is 0.829. The lowest BCUT2D eigenvalue weighted by Gasteiger charge is -2.10. The highest BCUT2D eigenvalue weighted by Crippen LogP contribution is 2.33. The van der Waals surface area contributed by atoms with Gasteiger partial charge in [-0.1, -0.05) is 35.3 Å². The summed E-state index contributed by atoms with van der Waals surface area (Å²) in [6.07, 6.45) is 0. The van der Waals surface area contributed by atoms with Gasteiger partial charge in [0.1, 0.15) is 0 Å². The maximum absolute atomic E-state index is 11.4. The van der Waals surface area contributed by atoms with Gasteiger partial charge in [0, 0.05) is 26.9 Å². The van der Waals surface area contributed by atoms with Crippen LogP contribution in [0, 0.1) is 0 Å². The predicted octanol–water partition coefficient (Wildman–Crippen LogP) is 3.34. The van der Waals surface area contributed by atoms with Gasteiger partial charge < -0.3 is 11.5 Å². The van der Waals surface area contributed by atoms with Gasteiger partial charge >= 0.3 is 0 Å². The number of primary amides is 1. The van der Waals surface area contributed by atoms with Gasteiger partial charge in [-0.15, -0.1) is 0 Å². The van der Waals surface area contributed by atoms with Crippen molar-refractivity contribution in [2.45, 2.75) is 0 Å². The number of hydrogen-bond acceptors (Lipinski definition) is 2. The lowest BCUT2D eigenvalue weighted by Crippen LogP contribution is -2.13. The molecule has 0 saturated carbocycles.